The summed E-state index contributed by atoms with van der Waals surface area (Å²) in [6, 6.07) is 10.3. The van der Waals surface area contributed by atoms with E-state index >= 15 is 0 Å². The highest BCUT2D eigenvalue weighted by atomic mass is 32.1. The van der Waals surface area contributed by atoms with Crippen molar-refractivity contribution in [1.29, 1.82) is 0 Å². The first-order chi connectivity index (χ1) is 15.3. The number of carbonyl (C=O) groups excluding carboxylic acids is 2. The predicted molar refractivity (Wildman–Crippen MR) is 127 cm³/mol. The van der Waals surface area contributed by atoms with Gasteiger partial charge >= 0.3 is 0 Å². The van der Waals surface area contributed by atoms with Gasteiger partial charge in [-0.2, -0.15) is 0 Å². The van der Waals surface area contributed by atoms with Crippen molar-refractivity contribution in [2.75, 3.05) is 32.7 Å². The van der Waals surface area contributed by atoms with E-state index in [4.69, 9.17) is 0 Å². The maximum absolute atomic E-state index is 13.4. The highest BCUT2D eigenvalue weighted by Gasteiger charge is 2.25. The van der Waals surface area contributed by atoms with Crippen molar-refractivity contribution in [3.05, 3.63) is 57.5 Å². The van der Waals surface area contributed by atoms with Crippen LogP contribution in [0.3, 0.4) is 0 Å². The number of benzene rings is 1. The molecule has 1 aliphatic heterocycles. The Balaban J connectivity index is 1.73. The van der Waals surface area contributed by atoms with E-state index in [-0.39, 0.29) is 30.1 Å². The molecule has 2 heterocycles. The molecule has 174 valence electrons. The molecule has 7 heteroatoms. The lowest BCUT2D eigenvalue weighted by atomic mass is 10.1. The van der Waals surface area contributed by atoms with Crippen LogP contribution >= 0.6 is 11.3 Å². The quantitative estimate of drug-likeness (QED) is 0.532. The van der Waals surface area contributed by atoms with Gasteiger partial charge in [-0.3, -0.25) is 9.59 Å². The Labute approximate surface area is 194 Å². The molecule has 0 saturated carbocycles. The lowest BCUT2D eigenvalue weighted by Gasteiger charge is -2.30. The van der Waals surface area contributed by atoms with Crippen molar-refractivity contribution in [2.45, 2.75) is 46.7 Å². The third-order valence-corrected chi connectivity index (χ3v) is 6.78. The molecule has 1 aromatic heterocycles. The molecule has 2 aromatic rings. The van der Waals surface area contributed by atoms with E-state index in [1.807, 2.05) is 32.9 Å². The van der Waals surface area contributed by atoms with Crippen LogP contribution in [0.4, 0.5) is 4.39 Å². The van der Waals surface area contributed by atoms with Gasteiger partial charge < -0.3 is 14.7 Å². The fourth-order valence-corrected chi connectivity index (χ4v) is 4.87. The van der Waals surface area contributed by atoms with Crippen LogP contribution in [-0.2, 0) is 22.7 Å². The number of rotatable bonds is 10. The molecule has 0 unspecified atom stereocenters. The van der Waals surface area contributed by atoms with E-state index in [1.165, 1.54) is 29.9 Å². The summed E-state index contributed by atoms with van der Waals surface area (Å²) in [5.74, 6) is -0.537. The number of hydrogen-bond donors (Lipinski definition) is 0. The smallest absolute Gasteiger partial charge is 0.242 e. The van der Waals surface area contributed by atoms with Gasteiger partial charge in [0, 0.05) is 35.3 Å². The minimum atomic E-state index is -0.295. The molecular formula is C25H34FN3O2S. The van der Waals surface area contributed by atoms with Crippen molar-refractivity contribution in [2.24, 2.45) is 5.92 Å². The van der Waals surface area contributed by atoms with Gasteiger partial charge in [-0.25, -0.2) is 4.39 Å². The molecule has 1 fully saturated rings. The molecule has 0 radical (unpaired) electrons. The van der Waals surface area contributed by atoms with Crippen LogP contribution in [0.5, 0.6) is 0 Å². The standard InChI is InChI=1S/C25H34FN3O2S/c1-19(2)25(31)28(15-14-27-12-4-5-13-27)18-24(30)29(17-23-11-6-20(3)32-23)16-21-7-9-22(26)10-8-21/h6-11,19H,4-5,12-18H2,1-3H3. The second-order valence-corrected chi connectivity index (χ2v) is 10.2. The summed E-state index contributed by atoms with van der Waals surface area (Å²) in [5, 5.41) is 0. The molecule has 0 spiro atoms. The molecule has 32 heavy (non-hydrogen) atoms. The Morgan fingerprint density at radius 2 is 1.72 bits per heavy atom. The molecular weight excluding hydrogens is 425 g/mol. The molecule has 0 bridgehead atoms. The van der Waals surface area contributed by atoms with Crippen molar-refractivity contribution >= 4 is 23.2 Å². The SMILES string of the molecule is Cc1ccc(CN(Cc2ccc(F)cc2)C(=O)CN(CCN2CCCC2)C(=O)C(C)C)s1. The number of carbonyl (C=O) groups is 2. The number of aryl methyl sites for hydroxylation is 1. The summed E-state index contributed by atoms with van der Waals surface area (Å²) in [6.45, 7) is 10.2. The summed E-state index contributed by atoms with van der Waals surface area (Å²) in [4.78, 5) is 34.4. The number of likely N-dealkylation sites (tertiary alicyclic amines) is 1. The number of amides is 2. The van der Waals surface area contributed by atoms with Crippen molar-refractivity contribution in [1.82, 2.24) is 14.7 Å². The van der Waals surface area contributed by atoms with E-state index in [2.05, 4.69) is 4.90 Å². The molecule has 0 aliphatic carbocycles. The third-order valence-electron chi connectivity index (χ3n) is 5.80. The summed E-state index contributed by atoms with van der Waals surface area (Å²) < 4.78 is 13.4. The summed E-state index contributed by atoms with van der Waals surface area (Å²) >= 11 is 1.66. The van der Waals surface area contributed by atoms with Crippen LogP contribution in [0.15, 0.2) is 36.4 Å². The maximum Gasteiger partial charge on any atom is 0.242 e. The van der Waals surface area contributed by atoms with E-state index in [0.717, 1.165) is 30.1 Å². The average Bonchev–Trinajstić information content (AvgIpc) is 3.43. The van der Waals surface area contributed by atoms with E-state index in [0.29, 0.717) is 19.6 Å². The van der Waals surface area contributed by atoms with Crippen molar-refractivity contribution < 1.29 is 14.0 Å². The van der Waals surface area contributed by atoms with Gasteiger partial charge in [0.25, 0.3) is 0 Å². The molecule has 5 nitrogen and oxygen atoms in total. The van der Waals surface area contributed by atoms with Crippen LogP contribution in [0.2, 0.25) is 0 Å². The largest absolute Gasteiger partial charge is 0.332 e. The summed E-state index contributed by atoms with van der Waals surface area (Å²) in [7, 11) is 0. The molecule has 2 amide bonds. The zero-order valence-corrected chi connectivity index (χ0v) is 20.2. The molecule has 3 rings (SSSR count). The molecule has 1 saturated heterocycles. The van der Waals surface area contributed by atoms with Crippen LogP contribution in [0, 0.1) is 18.7 Å². The fourth-order valence-electron chi connectivity index (χ4n) is 3.96. The van der Waals surface area contributed by atoms with Crippen LogP contribution in [0.25, 0.3) is 0 Å². The molecule has 1 aromatic carbocycles. The van der Waals surface area contributed by atoms with Gasteiger partial charge in [-0.15, -0.1) is 11.3 Å². The number of nitrogens with zero attached hydrogens (tertiary/aromatic N) is 3. The van der Waals surface area contributed by atoms with E-state index in [9.17, 15) is 14.0 Å². The minimum Gasteiger partial charge on any atom is -0.332 e. The Morgan fingerprint density at radius 3 is 2.31 bits per heavy atom. The Morgan fingerprint density at radius 1 is 1.03 bits per heavy atom. The summed E-state index contributed by atoms with van der Waals surface area (Å²) in [5.41, 5.74) is 0.867. The average molecular weight is 460 g/mol. The molecule has 0 atom stereocenters. The Bertz CT molecular complexity index is 891. The number of hydrogen-bond acceptors (Lipinski definition) is 4. The van der Waals surface area contributed by atoms with Crippen molar-refractivity contribution in [3.63, 3.8) is 0 Å². The Kier molecular flexibility index (Phi) is 8.82. The summed E-state index contributed by atoms with van der Waals surface area (Å²) in [6.07, 6.45) is 2.39. The van der Waals surface area contributed by atoms with Gasteiger partial charge in [-0.05, 0) is 62.7 Å². The molecule has 1 aliphatic rings. The van der Waals surface area contributed by atoms with E-state index < -0.39 is 0 Å². The van der Waals surface area contributed by atoms with Gasteiger partial charge in [0.15, 0.2) is 0 Å². The van der Waals surface area contributed by atoms with Crippen molar-refractivity contribution in [3.8, 4) is 0 Å². The predicted octanol–water partition coefficient (Wildman–Crippen LogP) is 4.30. The maximum atomic E-state index is 13.4. The minimum absolute atomic E-state index is 0.00578. The van der Waals surface area contributed by atoms with Gasteiger partial charge in [0.2, 0.25) is 11.8 Å². The van der Waals surface area contributed by atoms with Crippen LogP contribution in [0.1, 0.15) is 42.0 Å². The number of halogens is 1. The van der Waals surface area contributed by atoms with Crippen LogP contribution in [-0.4, -0.2) is 59.2 Å². The highest BCUT2D eigenvalue weighted by molar-refractivity contribution is 7.11. The Hall–Kier alpha value is -2.25. The van der Waals surface area contributed by atoms with Gasteiger partial charge in [0.05, 0.1) is 13.1 Å². The second kappa shape index (κ2) is 11.6. The first-order valence-electron chi connectivity index (χ1n) is 11.4. The second-order valence-electron chi connectivity index (χ2n) is 8.85. The fraction of sp³-hybridized carbons (Fsp3) is 0.520. The first kappa shape index (κ1) is 24.4. The van der Waals surface area contributed by atoms with Gasteiger partial charge in [-0.1, -0.05) is 26.0 Å². The lowest BCUT2D eigenvalue weighted by molar-refractivity contribution is -0.143. The lowest BCUT2D eigenvalue weighted by Crippen LogP contribution is -2.46. The number of thiophene rings is 1. The zero-order chi connectivity index (χ0) is 23.1. The zero-order valence-electron chi connectivity index (χ0n) is 19.3. The van der Waals surface area contributed by atoms with E-state index in [1.54, 1.807) is 33.3 Å². The third kappa shape index (κ3) is 7.14. The molecule has 0 N–H and O–H groups in total. The highest BCUT2D eigenvalue weighted by Crippen LogP contribution is 2.19. The normalized spacial score (nSPS) is 14.2. The van der Waals surface area contributed by atoms with Crippen LogP contribution < -0.4 is 0 Å². The first-order valence-corrected chi connectivity index (χ1v) is 12.2. The topological polar surface area (TPSA) is 43.9 Å². The van der Waals surface area contributed by atoms with Gasteiger partial charge in [0.1, 0.15) is 5.82 Å². The monoisotopic (exact) mass is 459 g/mol.